The molecule has 1 fully saturated rings. The molecular weight excluding hydrogens is 190 g/mol. The van der Waals surface area contributed by atoms with Gasteiger partial charge < -0.3 is 15.2 Å². The van der Waals surface area contributed by atoms with Crippen LogP contribution >= 0.6 is 0 Å². The molecule has 1 aliphatic rings. The second-order valence-electron chi connectivity index (χ2n) is 5.61. The van der Waals surface area contributed by atoms with Crippen LogP contribution in [0.1, 0.15) is 40.0 Å². The molecule has 0 radical (unpaired) electrons. The van der Waals surface area contributed by atoms with Gasteiger partial charge in [0.15, 0.2) is 0 Å². The van der Waals surface area contributed by atoms with Gasteiger partial charge in [0.25, 0.3) is 0 Å². The van der Waals surface area contributed by atoms with Crippen LogP contribution in [0.4, 0.5) is 0 Å². The Balaban J connectivity index is 1.98. The van der Waals surface area contributed by atoms with Gasteiger partial charge in [0.1, 0.15) is 0 Å². The molecule has 2 N–H and O–H groups in total. The topological polar surface area (TPSA) is 41.5 Å². The third-order valence-electron chi connectivity index (χ3n) is 2.91. The van der Waals surface area contributed by atoms with Gasteiger partial charge in [-0.1, -0.05) is 0 Å². The molecule has 3 nitrogen and oxygen atoms in total. The van der Waals surface area contributed by atoms with E-state index in [1.54, 1.807) is 0 Å². The first-order valence-corrected chi connectivity index (χ1v) is 5.93. The van der Waals surface area contributed by atoms with Gasteiger partial charge in [-0.2, -0.15) is 0 Å². The summed E-state index contributed by atoms with van der Waals surface area (Å²) < 4.78 is 5.61. The predicted molar refractivity (Wildman–Crippen MR) is 61.9 cm³/mol. The number of hydrogen-bond acceptors (Lipinski definition) is 3. The summed E-state index contributed by atoms with van der Waals surface area (Å²) >= 11 is 0. The van der Waals surface area contributed by atoms with Crippen molar-refractivity contribution in [1.82, 2.24) is 5.32 Å². The molecule has 0 aromatic heterocycles. The van der Waals surface area contributed by atoms with Gasteiger partial charge in [-0.3, -0.25) is 0 Å². The van der Waals surface area contributed by atoms with Gasteiger partial charge in [-0.05, 0) is 45.4 Å². The summed E-state index contributed by atoms with van der Waals surface area (Å²) in [6, 6.07) is 0. The van der Waals surface area contributed by atoms with E-state index in [1.807, 2.05) is 0 Å². The minimum Gasteiger partial charge on any atom is -0.396 e. The molecule has 0 unspecified atom stereocenters. The Hall–Kier alpha value is -0.120. The van der Waals surface area contributed by atoms with Crippen molar-refractivity contribution >= 4 is 0 Å². The maximum absolute atomic E-state index is 8.90. The summed E-state index contributed by atoms with van der Waals surface area (Å²) in [4.78, 5) is 0. The van der Waals surface area contributed by atoms with Crippen LogP contribution in [-0.4, -0.2) is 37.0 Å². The molecule has 0 atom stereocenters. The van der Waals surface area contributed by atoms with E-state index in [-0.39, 0.29) is 5.60 Å². The molecule has 1 saturated carbocycles. The minimum absolute atomic E-state index is 0.0377. The fourth-order valence-corrected chi connectivity index (χ4v) is 1.71. The zero-order valence-electron chi connectivity index (χ0n) is 10.3. The van der Waals surface area contributed by atoms with Crippen LogP contribution in [0.2, 0.25) is 0 Å². The smallest absolute Gasteiger partial charge is 0.0599 e. The fraction of sp³-hybridized carbons (Fsp3) is 1.00. The Morgan fingerprint density at radius 3 is 2.47 bits per heavy atom. The Morgan fingerprint density at radius 2 is 2.00 bits per heavy atom. The highest BCUT2D eigenvalue weighted by molar-refractivity contribution is 4.94. The lowest BCUT2D eigenvalue weighted by molar-refractivity contribution is -0.00115. The summed E-state index contributed by atoms with van der Waals surface area (Å²) in [6.07, 6.45) is 3.47. The fourth-order valence-electron chi connectivity index (χ4n) is 1.71. The van der Waals surface area contributed by atoms with Gasteiger partial charge in [-0.15, -0.1) is 0 Å². The third kappa shape index (κ3) is 5.50. The Morgan fingerprint density at radius 1 is 1.33 bits per heavy atom. The second-order valence-corrected chi connectivity index (χ2v) is 5.61. The molecule has 0 spiro atoms. The molecule has 0 bridgehead atoms. The highest BCUT2D eigenvalue weighted by Crippen LogP contribution is 2.47. The van der Waals surface area contributed by atoms with Crippen LogP contribution < -0.4 is 5.32 Å². The van der Waals surface area contributed by atoms with E-state index in [0.29, 0.717) is 12.0 Å². The van der Waals surface area contributed by atoms with Crippen molar-refractivity contribution in [3.8, 4) is 0 Å². The first kappa shape index (κ1) is 12.9. The summed E-state index contributed by atoms with van der Waals surface area (Å²) in [5.41, 5.74) is 0.376. The van der Waals surface area contributed by atoms with Gasteiger partial charge in [-0.25, -0.2) is 0 Å². The van der Waals surface area contributed by atoms with E-state index >= 15 is 0 Å². The van der Waals surface area contributed by atoms with Gasteiger partial charge >= 0.3 is 0 Å². The average molecular weight is 215 g/mol. The summed E-state index contributed by atoms with van der Waals surface area (Å²) in [6.45, 7) is 9.23. The number of hydrogen-bond donors (Lipinski definition) is 2. The van der Waals surface area contributed by atoms with Crippen molar-refractivity contribution in [2.45, 2.75) is 45.6 Å². The maximum atomic E-state index is 8.90. The van der Waals surface area contributed by atoms with Crippen LogP contribution in [0, 0.1) is 5.41 Å². The van der Waals surface area contributed by atoms with E-state index in [0.717, 1.165) is 26.1 Å². The maximum Gasteiger partial charge on any atom is 0.0599 e. The molecule has 0 saturated heterocycles. The van der Waals surface area contributed by atoms with Crippen LogP contribution in [0.5, 0.6) is 0 Å². The molecule has 0 heterocycles. The first-order chi connectivity index (χ1) is 6.97. The molecular formula is C12H25NO2. The zero-order chi connectivity index (χ0) is 11.4. The molecule has 1 rings (SSSR count). The normalized spacial score (nSPS) is 19.2. The quantitative estimate of drug-likeness (QED) is 0.633. The number of nitrogens with one attached hydrogen (secondary N) is 1. The van der Waals surface area contributed by atoms with E-state index < -0.39 is 0 Å². The van der Waals surface area contributed by atoms with Crippen LogP contribution in [0.3, 0.4) is 0 Å². The van der Waals surface area contributed by atoms with Crippen molar-refractivity contribution in [1.29, 1.82) is 0 Å². The van der Waals surface area contributed by atoms with Crippen molar-refractivity contribution in [2.24, 2.45) is 5.41 Å². The van der Waals surface area contributed by atoms with E-state index in [9.17, 15) is 0 Å². The van der Waals surface area contributed by atoms with Crippen molar-refractivity contribution in [3.05, 3.63) is 0 Å². The Kier molecular flexibility index (Phi) is 4.56. The van der Waals surface area contributed by atoms with Crippen LogP contribution in [0.25, 0.3) is 0 Å². The number of aliphatic hydroxyl groups excluding tert-OH is 1. The van der Waals surface area contributed by atoms with Crippen molar-refractivity contribution in [2.75, 3.05) is 26.3 Å². The molecule has 0 amide bonds. The molecule has 0 aromatic rings. The monoisotopic (exact) mass is 215 g/mol. The first-order valence-electron chi connectivity index (χ1n) is 5.93. The SMILES string of the molecule is CC(C)(C)OCCNCC1(CCO)CC1. The van der Waals surface area contributed by atoms with Gasteiger partial charge in [0.05, 0.1) is 12.2 Å². The number of rotatable bonds is 7. The average Bonchev–Trinajstić information content (AvgIpc) is 2.83. The van der Waals surface area contributed by atoms with Crippen molar-refractivity contribution < 1.29 is 9.84 Å². The molecule has 1 aliphatic carbocycles. The summed E-state index contributed by atoms with van der Waals surface area (Å²) in [5.74, 6) is 0. The largest absolute Gasteiger partial charge is 0.396 e. The van der Waals surface area contributed by atoms with E-state index in [1.165, 1.54) is 12.8 Å². The van der Waals surface area contributed by atoms with E-state index in [2.05, 4.69) is 26.1 Å². The van der Waals surface area contributed by atoms with Gasteiger partial charge in [0.2, 0.25) is 0 Å². The van der Waals surface area contributed by atoms with Crippen molar-refractivity contribution in [3.63, 3.8) is 0 Å². The standard InChI is InChI=1S/C12H25NO2/c1-11(2,3)15-9-7-13-10-12(4-5-12)6-8-14/h13-14H,4-10H2,1-3H3. The summed E-state index contributed by atoms with van der Waals surface area (Å²) in [5, 5.41) is 12.3. The predicted octanol–water partition coefficient (Wildman–Crippen LogP) is 1.55. The van der Waals surface area contributed by atoms with Crippen LogP contribution in [-0.2, 0) is 4.74 Å². The number of ether oxygens (including phenoxy) is 1. The zero-order valence-corrected chi connectivity index (χ0v) is 10.3. The number of aliphatic hydroxyl groups is 1. The Bertz CT molecular complexity index is 183. The highest BCUT2D eigenvalue weighted by Gasteiger charge is 2.41. The molecule has 0 aromatic carbocycles. The second kappa shape index (κ2) is 5.28. The minimum atomic E-state index is -0.0377. The third-order valence-corrected chi connectivity index (χ3v) is 2.91. The highest BCUT2D eigenvalue weighted by atomic mass is 16.5. The molecule has 15 heavy (non-hydrogen) atoms. The molecule has 90 valence electrons. The van der Waals surface area contributed by atoms with Crippen LogP contribution in [0.15, 0.2) is 0 Å². The lowest BCUT2D eigenvalue weighted by atomic mass is 10.0. The molecule has 0 aliphatic heterocycles. The molecule has 3 heteroatoms. The lowest BCUT2D eigenvalue weighted by Gasteiger charge is -2.20. The lowest BCUT2D eigenvalue weighted by Crippen LogP contribution is -2.30. The van der Waals surface area contributed by atoms with Gasteiger partial charge in [0, 0.05) is 19.7 Å². The van der Waals surface area contributed by atoms with E-state index in [4.69, 9.17) is 9.84 Å². The summed E-state index contributed by atoms with van der Waals surface area (Å²) in [7, 11) is 0. The Labute approximate surface area is 93.2 Å².